The van der Waals surface area contributed by atoms with Crippen molar-refractivity contribution in [3.63, 3.8) is 0 Å². The molecule has 0 spiro atoms. The van der Waals surface area contributed by atoms with Crippen molar-refractivity contribution in [2.24, 2.45) is 0 Å². The van der Waals surface area contributed by atoms with E-state index in [1.807, 2.05) is 0 Å². The van der Waals surface area contributed by atoms with Crippen LogP contribution in [0.5, 0.6) is 11.5 Å². The molecule has 1 aromatic rings. The van der Waals surface area contributed by atoms with Crippen molar-refractivity contribution >= 4 is 27.5 Å². The molecule has 114 valence electrons. The molecule has 0 aliphatic rings. The SMILES string of the molecule is COc1ccc(C(Br)COCC(F)(F)F)c(OC)c1Cl. The maximum absolute atomic E-state index is 12.0. The van der Waals surface area contributed by atoms with Crippen LogP contribution in [0.4, 0.5) is 13.2 Å². The molecule has 20 heavy (non-hydrogen) atoms. The molecule has 0 N–H and O–H groups in total. The average molecular weight is 378 g/mol. The van der Waals surface area contributed by atoms with Gasteiger partial charge < -0.3 is 14.2 Å². The van der Waals surface area contributed by atoms with Gasteiger partial charge >= 0.3 is 6.18 Å². The zero-order valence-corrected chi connectivity index (χ0v) is 13.1. The first-order valence-electron chi connectivity index (χ1n) is 5.49. The molecule has 0 saturated heterocycles. The summed E-state index contributed by atoms with van der Waals surface area (Å²) in [4.78, 5) is -0.483. The van der Waals surface area contributed by atoms with Crippen LogP contribution in [0.25, 0.3) is 0 Å². The molecule has 3 nitrogen and oxygen atoms in total. The lowest BCUT2D eigenvalue weighted by atomic mass is 10.1. The van der Waals surface area contributed by atoms with E-state index in [0.717, 1.165) is 0 Å². The summed E-state index contributed by atoms with van der Waals surface area (Å²) in [5.74, 6) is 0.756. The lowest BCUT2D eigenvalue weighted by Crippen LogP contribution is -2.18. The van der Waals surface area contributed by atoms with Crippen molar-refractivity contribution in [1.82, 2.24) is 0 Å². The molecule has 0 saturated carbocycles. The minimum absolute atomic E-state index is 0.168. The Labute approximate surface area is 128 Å². The van der Waals surface area contributed by atoms with Gasteiger partial charge in [-0.15, -0.1) is 0 Å². The second-order valence-corrected chi connectivity index (χ2v) is 5.29. The summed E-state index contributed by atoms with van der Waals surface area (Å²) in [6, 6.07) is 3.26. The number of halogens is 5. The highest BCUT2D eigenvalue weighted by Crippen LogP contribution is 2.41. The van der Waals surface area contributed by atoms with Crippen molar-refractivity contribution in [3.05, 3.63) is 22.7 Å². The van der Waals surface area contributed by atoms with Crippen LogP contribution in [0.1, 0.15) is 10.4 Å². The fourth-order valence-corrected chi connectivity index (χ4v) is 2.41. The summed E-state index contributed by atoms with van der Waals surface area (Å²) in [7, 11) is 2.87. The van der Waals surface area contributed by atoms with Crippen LogP contribution in [-0.2, 0) is 4.74 Å². The van der Waals surface area contributed by atoms with Gasteiger partial charge in [0, 0.05) is 5.56 Å². The number of methoxy groups -OCH3 is 2. The van der Waals surface area contributed by atoms with E-state index in [1.165, 1.54) is 14.2 Å². The summed E-state index contributed by atoms with van der Waals surface area (Å²) in [6.45, 7) is -1.47. The van der Waals surface area contributed by atoms with E-state index in [4.69, 9.17) is 21.1 Å². The van der Waals surface area contributed by atoms with Gasteiger partial charge in [0.25, 0.3) is 0 Å². The third kappa shape index (κ3) is 4.71. The van der Waals surface area contributed by atoms with Crippen LogP contribution >= 0.6 is 27.5 Å². The molecule has 0 aliphatic carbocycles. The third-order valence-corrected chi connectivity index (χ3v) is 3.50. The van der Waals surface area contributed by atoms with Crippen molar-refractivity contribution in [2.45, 2.75) is 11.0 Å². The van der Waals surface area contributed by atoms with Gasteiger partial charge in [0.05, 0.1) is 25.7 Å². The highest BCUT2D eigenvalue weighted by atomic mass is 79.9. The average Bonchev–Trinajstić information content (AvgIpc) is 2.36. The van der Waals surface area contributed by atoms with E-state index < -0.39 is 17.6 Å². The smallest absolute Gasteiger partial charge is 0.411 e. The first kappa shape index (κ1) is 17.4. The second-order valence-electron chi connectivity index (χ2n) is 3.80. The van der Waals surface area contributed by atoms with Gasteiger partial charge in [0.2, 0.25) is 0 Å². The Morgan fingerprint density at radius 3 is 2.40 bits per heavy atom. The Morgan fingerprint density at radius 1 is 1.25 bits per heavy atom. The Morgan fingerprint density at radius 2 is 1.90 bits per heavy atom. The maximum Gasteiger partial charge on any atom is 0.411 e. The fourth-order valence-electron chi connectivity index (χ4n) is 1.53. The molecule has 1 aromatic carbocycles. The fraction of sp³-hybridized carbons (Fsp3) is 0.500. The zero-order chi connectivity index (χ0) is 15.3. The minimum Gasteiger partial charge on any atom is -0.495 e. The predicted molar refractivity (Wildman–Crippen MR) is 73.1 cm³/mol. The molecule has 0 heterocycles. The van der Waals surface area contributed by atoms with Gasteiger partial charge in [-0.05, 0) is 6.07 Å². The van der Waals surface area contributed by atoms with Gasteiger partial charge in [0.1, 0.15) is 23.1 Å². The topological polar surface area (TPSA) is 27.7 Å². The third-order valence-electron chi connectivity index (χ3n) is 2.38. The van der Waals surface area contributed by atoms with E-state index in [9.17, 15) is 13.2 Å². The molecular weight excluding hydrogens is 364 g/mol. The Balaban J connectivity index is 2.82. The Bertz CT molecular complexity index is 454. The van der Waals surface area contributed by atoms with Crippen molar-refractivity contribution in [1.29, 1.82) is 0 Å². The Hall–Kier alpha value is -0.660. The van der Waals surface area contributed by atoms with Crippen LogP contribution in [0.2, 0.25) is 5.02 Å². The summed E-state index contributed by atoms with van der Waals surface area (Å²) >= 11 is 9.33. The van der Waals surface area contributed by atoms with Crippen molar-refractivity contribution < 1.29 is 27.4 Å². The molecule has 1 rings (SSSR count). The van der Waals surface area contributed by atoms with Crippen LogP contribution < -0.4 is 9.47 Å². The quantitative estimate of drug-likeness (QED) is 0.689. The monoisotopic (exact) mass is 376 g/mol. The molecule has 0 amide bonds. The largest absolute Gasteiger partial charge is 0.495 e. The van der Waals surface area contributed by atoms with Crippen LogP contribution in [0.3, 0.4) is 0 Å². The first-order valence-corrected chi connectivity index (χ1v) is 6.78. The zero-order valence-electron chi connectivity index (χ0n) is 10.8. The molecular formula is C12H13BrClF3O3. The van der Waals surface area contributed by atoms with E-state index in [0.29, 0.717) is 17.1 Å². The number of ether oxygens (including phenoxy) is 3. The lowest BCUT2D eigenvalue weighted by Gasteiger charge is -2.17. The molecule has 1 atom stereocenters. The van der Waals surface area contributed by atoms with E-state index in [-0.39, 0.29) is 11.6 Å². The van der Waals surface area contributed by atoms with Gasteiger partial charge in [-0.2, -0.15) is 13.2 Å². The van der Waals surface area contributed by atoms with Gasteiger partial charge in [-0.1, -0.05) is 33.6 Å². The predicted octanol–water partition coefficient (Wildman–Crippen LogP) is 4.37. The molecule has 8 heteroatoms. The van der Waals surface area contributed by atoms with E-state index in [2.05, 4.69) is 20.7 Å². The van der Waals surface area contributed by atoms with E-state index in [1.54, 1.807) is 12.1 Å². The molecule has 0 aliphatic heterocycles. The van der Waals surface area contributed by atoms with E-state index >= 15 is 0 Å². The maximum atomic E-state index is 12.0. The number of rotatable bonds is 6. The van der Waals surface area contributed by atoms with Crippen LogP contribution in [-0.4, -0.2) is 33.6 Å². The van der Waals surface area contributed by atoms with Gasteiger partial charge in [-0.25, -0.2) is 0 Å². The van der Waals surface area contributed by atoms with Gasteiger partial charge in [-0.3, -0.25) is 0 Å². The minimum atomic E-state index is -4.35. The molecule has 0 fully saturated rings. The summed E-state index contributed by atoms with van der Waals surface area (Å²) in [6.07, 6.45) is -4.35. The van der Waals surface area contributed by atoms with Crippen molar-refractivity contribution in [3.8, 4) is 11.5 Å². The molecule has 0 radical (unpaired) electrons. The standard InChI is InChI=1S/C12H13BrClF3O3/c1-18-9-4-3-7(11(19-2)10(9)14)8(13)5-20-6-12(15,16)17/h3-4,8H,5-6H2,1-2H3. The first-order chi connectivity index (χ1) is 9.30. The summed E-state index contributed by atoms with van der Waals surface area (Å²) in [5, 5.41) is 0.257. The number of benzene rings is 1. The molecule has 1 unspecified atom stereocenters. The molecule has 0 aromatic heterocycles. The van der Waals surface area contributed by atoms with Gasteiger partial charge in [0.15, 0.2) is 0 Å². The highest BCUT2D eigenvalue weighted by molar-refractivity contribution is 9.09. The lowest BCUT2D eigenvalue weighted by molar-refractivity contribution is -0.173. The Kier molecular flexibility index (Phi) is 6.42. The normalized spacial score (nSPS) is 13.2. The number of hydrogen-bond donors (Lipinski definition) is 0. The highest BCUT2D eigenvalue weighted by Gasteiger charge is 2.28. The van der Waals surface area contributed by atoms with Crippen LogP contribution in [0, 0.1) is 0 Å². The molecule has 0 bridgehead atoms. The number of alkyl halides is 4. The summed E-state index contributed by atoms with van der Waals surface area (Å²) in [5.41, 5.74) is 0.584. The van der Waals surface area contributed by atoms with Crippen LogP contribution in [0.15, 0.2) is 12.1 Å². The number of hydrogen-bond acceptors (Lipinski definition) is 3. The summed E-state index contributed by atoms with van der Waals surface area (Å²) < 4.78 is 50.9. The van der Waals surface area contributed by atoms with Crippen molar-refractivity contribution in [2.75, 3.05) is 27.4 Å². The second kappa shape index (κ2) is 7.38.